The Morgan fingerprint density at radius 1 is 1.18 bits per heavy atom. The molecule has 0 unspecified atom stereocenters. The van der Waals surface area contributed by atoms with Crippen molar-refractivity contribution in [3.63, 3.8) is 0 Å². The smallest absolute Gasteiger partial charge is 0.158 e. The first-order valence-electron chi connectivity index (χ1n) is 7.48. The Bertz CT molecular complexity index is 819. The number of fused-ring (bicyclic) bond motifs is 1. The van der Waals surface area contributed by atoms with Gasteiger partial charge < -0.3 is 11.1 Å². The monoisotopic (exact) mass is 295 g/mol. The fourth-order valence-corrected chi connectivity index (χ4v) is 2.54. The number of nitrogens with two attached hydrogens (primary N) is 1. The minimum Gasteiger partial charge on any atom is -0.368 e. The fraction of sp³-hybridized carbons (Fsp3) is 0.294. The highest BCUT2D eigenvalue weighted by atomic mass is 15.3. The van der Waals surface area contributed by atoms with Gasteiger partial charge in [-0.1, -0.05) is 23.8 Å². The van der Waals surface area contributed by atoms with Gasteiger partial charge in [-0.15, -0.1) is 0 Å². The van der Waals surface area contributed by atoms with Crippen molar-refractivity contribution in [2.24, 2.45) is 5.73 Å². The van der Waals surface area contributed by atoms with Crippen LogP contribution < -0.4 is 11.1 Å². The van der Waals surface area contributed by atoms with Gasteiger partial charge in [-0.2, -0.15) is 9.61 Å². The van der Waals surface area contributed by atoms with E-state index in [1.165, 1.54) is 5.56 Å². The summed E-state index contributed by atoms with van der Waals surface area (Å²) in [5.41, 5.74) is 11.8. The Labute approximate surface area is 130 Å². The van der Waals surface area contributed by atoms with Crippen molar-refractivity contribution in [2.75, 3.05) is 18.4 Å². The van der Waals surface area contributed by atoms with Crippen molar-refractivity contribution in [1.29, 1.82) is 0 Å². The van der Waals surface area contributed by atoms with E-state index in [-0.39, 0.29) is 0 Å². The van der Waals surface area contributed by atoms with Crippen molar-refractivity contribution in [2.45, 2.75) is 20.8 Å². The van der Waals surface area contributed by atoms with Crippen LogP contribution in [0.3, 0.4) is 0 Å². The molecule has 0 aliphatic heterocycles. The third-order valence-electron chi connectivity index (χ3n) is 3.83. The highest BCUT2D eigenvalue weighted by Crippen LogP contribution is 2.24. The standard InChI is InChI=1S/C17H21N5/c1-11-5-4-6-14(9-11)15-10-16-20-13(3)12(2)17(19-8-7-18)22(16)21-15/h4-6,9-10,19H,7-8,18H2,1-3H3. The Morgan fingerprint density at radius 3 is 2.73 bits per heavy atom. The Kier molecular flexibility index (Phi) is 3.81. The van der Waals surface area contributed by atoms with Gasteiger partial charge in [0.2, 0.25) is 0 Å². The van der Waals surface area contributed by atoms with Crippen LogP contribution in [0, 0.1) is 20.8 Å². The lowest BCUT2D eigenvalue weighted by molar-refractivity contribution is 0.899. The molecule has 0 saturated carbocycles. The fourth-order valence-electron chi connectivity index (χ4n) is 2.54. The van der Waals surface area contributed by atoms with E-state index in [2.05, 4.69) is 42.3 Å². The molecule has 0 radical (unpaired) electrons. The van der Waals surface area contributed by atoms with Crippen LogP contribution in [0.5, 0.6) is 0 Å². The molecule has 0 atom stereocenters. The molecule has 5 heteroatoms. The number of aryl methyl sites for hydroxylation is 2. The SMILES string of the molecule is Cc1cccc(-c2cc3nc(C)c(C)c(NCCN)n3n2)c1. The lowest BCUT2D eigenvalue weighted by Gasteiger charge is -2.12. The van der Waals surface area contributed by atoms with Crippen molar-refractivity contribution in [1.82, 2.24) is 14.6 Å². The molecule has 1 aromatic carbocycles. The maximum Gasteiger partial charge on any atom is 0.158 e. The van der Waals surface area contributed by atoms with E-state index in [0.29, 0.717) is 13.1 Å². The highest BCUT2D eigenvalue weighted by molar-refractivity contribution is 5.67. The second kappa shape index (κ2) is 5.77. The van der Waals surface area contributed by atoms with Gasteiger partial charge in [-0.05, 0) is 26.8 Å². The molecule has 0 saturated heterocycles. The highest BCUT2D eigenvalue weighted by Gasteiger charge is 2.13. The van der Waals surface area contributed by atoms with Crippen LogP contribution in [0.1, 0.15) is 16.8 Å². The van der Waals surface area contributed by atoms with Gasteiger partial charge in [0.25, 0.3) is 0 Å². The molecule has 0 bridgehead atoms. The predicted octanol–water partition coefficient (Wildman–Crippen LogP) is 2.69. The number of benzene rings is 1. The Morgan fingerprint density at radius 2 is 2.00 bits per heavy atom. The zero-order valence-corrected chi connectivity index (χ0v) is 13.2. The van der Waals surface area contributed by atoms with E-state index < -0.39 is 0 Å². The summed E-state index contributed by atoms with van der Waals surface area (Å²) in [6.07, 6.45) is 0. The van der Waals surface area contributed by atoms with Crippen LogP contribution in [-0.4, -0.2) is 27.7 Å². The molecule has 3 rings (SSSR count). The maximum absolute atomic E-state index is 5.61. The summed E-state index contributed by atoms with van der Waals surface area (Å²) in [4.78, 5) is 4.64. The van der Waals surface area contributed by atoms with Crippen molar-refractivity contribution < 1.29 is 0 Å². The van der Waals surface area contributed by atoms with E-state index in [1.54, 1.807) is 0 Å². The topological polar surface area (TPSA) is 68.2 Å². The first-order chi connectivity index (χ1) is 10.6. The molecule has 0 spiro atoms. The van der Waals surface area contributed by atoms with Crippen molar-refractivity contribution in [3.05, 3.63) is 47.2 Å². The van der Waals surface area contributed by atoms with Gasteiger partial charge >= 0.3 is 0 Å². The summed E-state index contributed by atoms with van der Waals surface area (Å²) in [6, 6.07) is 10.4. The number of nitrogens with one attached hydrogen (secondary N) is 1. The molecule has 114 valence electrons. The van der Waals surface area contributed by atoms with Gasteiger partial charge in [-0.25, -0.2) is 4.98 Å². The third kappa shape index (κ3) is 2.55. The lowest BCUT2D eigenvalue weighted by atomic mass is 10.1. The Balaban J connectivity index is 2.16. The van der Waals surface area contributed by atoms with Gasteiger partial charge in [-0.3, -0.25) is 0 Å². The normalized spacial score (nSPS) is 11.1. The molecule has 0 fully saturated rings. The second-order valence-electron chi connectivity index (χ2n) is 5.56. The average Bonchev–Trinajstić information content (AvgIpc) is 2.91. The summed E-state index contributed by atoms with van der Waals surface area (Å²) in [5, 5.41) is 8.09. The molecule has 0 amide bonds. The maximum atomic E-state index is 5.61. The number of nitrogens with zero attached hydrogens (tertiary/aromatic N) is 3. The first-order valence-corrected chi connectivity index (χ1v) is 7.48. The second-order valence-corrected chi connectivity index (χ2v) is 5.56. The van der Waals surface area contributed by atoms with Gasteiger partial charge in [0.05, 0.1) is 5.69 Å². The minimum absolute atomic E-state index is 0.578. The predicted molar refractivity (Wildman–Crippen MR) is 90.2 cm³/mol. The third-order valence-corrected chi connectivity index (χ3v) is 3.83. The molecule has 22 heavy (non-hydrogen) atoms. The lowest BCUT2D eigenvalue weighted by Crippen LogP contribution is -2.17. The van der Waals surface area contributed by atoms with E-state index in [4.69, 9.17) is 10.8 Å². The van der Waals surface area contributed by atoms with Crippen LogP contribution in [-0.2, 0) is 0 Å². The zero-order chi connectivity index (χ0) is 15.7. The van der Waals surface area contributed by atoms with E-state index in [9.17, 15) is 0 Å². The van der Waals surface area contributed by atoms with Crippen LogP contribution in [0.15, 0.2) is 30.3 Å². The zero-order valence-electron chi connectivity index (χ0n) is 13.2. The van der Waals surface area contributed by atoms with Crippen molar-refractivity contribution in [3.8, 4) is 11.3 Å². The molecule has 3 N–H and O–H groups in total. The molecule has 3 aromatic rings. The summed E-state index contributed by atoms with van der Waals surface area (Å²) in [5.74, 6) is 0.965. The molecule has 2 aromatic heterocycles. The largest absolute Gasteiger partial charge is 0.368 e. The van der Waals surface area contributed by atoms with Gasteiger partial charge in [0.15, 0.2) is 5.65 Å². The Hall–Kier alpha value is -2.40. The van der Waals surface area contributed by atoms with Crippen molar-refractivity contribution >= 4 is 11.5 Å². The number of rotatable bonds is 4. The van der Waals surface area contributed by atoms with Gasteiger partial charge in [0, 0.05) is 36.0 Å². The molecular formula is C17H21N5. The number of anilines is 1. The van der Waals surface area contributed by atoms with Crippen LogP contribution in [0.4, 0.5) is 5.82 Å². The summed E-state index contributed by atoms with van der Waals surface area (Å²) in [7, 11) is 0. The van der Waals surface area contributed by atoms with Crippen LogP contribution in [0.25, 0.3) is 16.9 Å². The van der Waals surface area contributed by atoms with E-state index in [1.807, 2.05) is 23.6 Å². The minimum atomic E-state index is 0.578. The first kappa shape index (κ1) is 14.5. The molecule has 2 heterocycles. The molecule has 0 aliphatic carbocycles. The molecule has 5 nitrogen and oxygen atoms in total. The molecular weight excluding hydrogens is 274 g/mol. The quantitative estimate of drug-likeness (QED) is 0.776. The van der Waals surface area contributed by atoms with Crippen LogP contribution in [0.2, 0.25) is 0 Å². The van der Waals surface area contributed by atoms with E-state index >= 15 is 0 Å². The molecule has 0 aliphatic rings. The number of aromatic nitrogens is 3. The average molecular weight is 295 g/mol. The van der Waals surface area contributed by atoms with Gasteiger partial charge in [0.1, 0.15) is 5.82 Å². The van der Waals surface area contributed by atoms with Crippen LogP contribution >= 0.6 is 0 Å². The summed E-state index contributed by atoms with van der Waals surface area (Å²) in [6.45, 7) is 7.43. The number of hydrogen-bond acceptors (Lipinski definition) is 4. The van der Waals surface area contributed by atoms with E-state index in [0.717, 1.165) is 34.0 Å². The summed E-state index contributed by atoms with van der Waals surface area (Å²) < 4.78 is 1.87. The summed E-state index contributed by atoms with van der Waals surface area (Å²) >= 11 is 0. The number of hydrogen-bond donors (Lipinski definition) is 2.